The van der Waals surface area contributed by atoms with Gasteiger partial charge >= 0.3 is 0 Å². The van der Waals surface area contributed by atoms with Gasteiger partial charge in [0.15, 0.2) is 0 Å². The molecule has 6 nitrogen and oxygen atoms in total. The van der Waals surface area contributed by atoms with Gasteiger partial charge in [-0.15, -0.1) is 5.10 Å². The van der Waals surface area contributed by atoms with Crippen LogP contribution in [0.4, 0.5) is 0 Å². The van der Waals surface area contributed by atoms with Crippen molar-refractivity contribution in [1.29, 1.82) is 0 Å². The molecular formula is C12H15N3O3S2. The van der Waals surface area contributed by atoms with Crippen LogP contribution in [0.2, 0.25) is 0 Å². The number of H-pyrrole nitrogens is 1. The highest BCUT2D eigenvalue weighted by Crippen LogP contribution is 2.21. The van der Waals surface area contributed by atoms with E-state index < -0.39 is 10.0 Å². The summed E-state index contributed by atoms with van der Waals surface area (Å²) in [5, 5.41) is 6.41. The van der Waals surface area contributed by atoms with E-state index >= 15 is 0 Å². The van der Waals surface area contributed by atoms with E-state index in [1.165, 1.54) is 16.4 Å². The van der Waals surface area contributed by atoms with E-state index in [0.29, 0.717) is 24.5 Å². The summed E-state index contributed by atoms with van der Waals surface area (Å²) < 4.78 is 31.2. The molecule has 0 fully saturated rings. The van der Waals surface area contributed by atoms with Crippen LogP contribution in [0.15, 0.2) is 33.6 Å². The van der Waals surface area contributed by atoms with Crippen LogP contribution in [-0.4, -0.2) is 36.0 Å². The molecule has 0 aliphatic heterocycles. The zero-order valence-corrected chi connectivity index (χ0v) is 12.8. The SMILES string of the molecule is CCN(CC)S(=O)(=O)c1ccc(-c2n[nH]c(=S)o2)cc1. The van der Waals surface area contributed by atoms with Crippen molar-refractivity contribution < 1.29 is 12.8 Å². The Morgan fingerprint density at radius 3 is 2.30 bits per heavy atom. The zero-order valence-electron chi connectivity index (χ0n) is 11.2. The molecule has 0 bridgehead atoms. The second kappa shape index (κ2) is 5.86. The molecule has 2 rings (SSSR count). The first-order valence-electron chi connectivity index (χ1n) is 6.15. The molecule has 0 aliphatic rings. The quantitative estimate of drug-likeness (QED) is 0.858. The van der Waals surface area contributed by atoms with Crippen LogP contribution in [0.5, 0.6) is 0 Å². The number of nitrogens with one attached hydrogen (secondary N) is 1. The molecule has 0 radical (unpaired) electrons. The van der Waals surface area contributed by atoms with Crippen molar-refractivity contribution >= 4 is 22.2 Å². The van der Waals surface area contributed by atoms with Crippen molar-refractivity contribution in [3.63, 3.8) is 0 Å². The molecular weight excluding hydrogens is 298 g/mol. The average molecular weight is 313 g/mol. The maximum Gasteiger partial charge on any atom is 0.284 e. The highest BCUT2D eigenvalue weighted by molar-refractivity contribution is 7.89. The fraction of sp³-hybridized carbons (Fsp3) is 0.333. The van der Waals surface area contributed by atoms with Gasteiger partial charge in [0.25, 0.3) is 4.84 Å². The lowest BCUT2D eigenvalue weighted by atomic mass is 10.2. The van der Waals surface area contributed by atoms with Gasteiger partial charge in [-0.1, -0.05) is 13.8 Å². The molecule has 0 aliphatic carbocycles. The smallest absolute Gasteiger partial charge is 0.284 e. The minimum absolute atomic E-state index is 0.180. The first kappa shape index (κ1) is 14.9. The monoisotopic (exact) mass is 313 g/mol. The van der Waals surface area contributed by atoms with Crippen molar-refractivity contribution in [3.8, 4) is 11.5 Å². The van der Waals surface area contributed by atoms with Gasteiger partial charge in [0.1, 0.15) is 0 Å². The van der Waals surface area contributed by atoms with Crippen LogP contribution in [0.25, 0.3) is 11.5 Å². The van der Waals surface area contributed by atoms with Crippen molar-refractivity contribution in [2.45, 2.75) is 18.7 Å². The van der Waals surface area contributed by atoms with Crippen LogP contribution in [0.3, 0.4) is 0 Å². The number of aromatic nitrogens is 2. The number of sulfonamides is 1. The van der Waals surface area contributed by atoms with E-state index in [1.54, 1.807) is 12.1 Å². The Morgan fingerprint density at radius 1 is 1.25 bits per heavy atom. The second-order valence-electron chi connectivity index (χ2n) is 4.03. The molecule has 0 amide bonds. The molecule has 108 valence electrons. The molecule has 1 aromatic heterocycles. The summed E-state index contributed by atoms with van der Waals surface area (Å²) in [6.07, 6.45) is 0. The number of hydrogen-bond acceptors (Lipinski definition) is 5. The average Bonchev–Trinajstić information content (AvgIpc) is 2.87. The van der Waals surface area contributed by atoms with Gasteiger partial charge < -0.3 is 4.42 Å². The summed E-state index contributed by atoms with van der Waals surface area (Å²) in [5.74, 6) is 0.335. The van der Waals surface area contributed by atoms with Gasteiger partial charge in [-0.25, -0.2) is 13.5 Å². The normalized spacial score (nSPS) is 11.9. The topological polar surface area (TPSA) is 79.2 Å². The van der Waals surface area contributed by atoms with Crippen LogP contribution in [-0.2, 0) is 10.0 Å². The van der Waals surface area contributed by atoms with Crippen LogP contribution in [0, 0.1) is 4.84 Å². The minimum atomic E-state index is -3.44. The van der Waals surface area contributed by atoms with E-state index in [1.807, 2.05) is 13.8 Å². The number of rotatable bonds is 5. The van der Waals surface area contributed by atoms with Gasteiger partial charge in [-0.2, -0.15) is 4.31 Å². The molecule has 20 heavy (non-hydrogen) atoms. The van der Waals surface area contributed by atoms with Gasteiger partial charge in [-0.3, -0.25) is 0 Å². The standard InChI is InChI=1S/C12H15N3O3S2/c1-3-15(4-2)20(16,17)10-7-5-9(6-8-10)11-13-14-12(19)18-11/h5-8H,3-4H2,1-2H3,(H,14,19). The lowest BCUT2D eigenvalue weighted by Crippen LogP contribution is -2.30. The number of aromatic amines is 1. The Bertz CT molecular complexity index is 728. The highest BCUT2D eigenvalue weighted by Gasteiger charge is 2.21. The summed E-state index contributed by atoms with van der Waals surface area (Å²) in [6.45, 7) is 4.50. The molecule has 0 saturated heterocycles. The Balaban J connectivity index is 2.35. The first-order valence-corrected chi connectivity index (χ1v) is 8.00. The molecule has 1 N–H and O–H groups in total. The molecule has 0 atom stereocenters. The highest BCUT2D eigenvalue weighted by atomic mass is 32.2. The lowest BCUT2D eigenvalue weighted by Gasteiger charge is -2.18. The van der Waals surface area contributed by atoms with E-state index in [-0.39, 0.29) is 9.73 Å². The number of benzene rings is 1. The van der Waals surface area contributed by atoms with E-state index in [9.17, 15) is 8.42 Å². The van der Waals surface area contributed by atoms with Crippen molar-refractivity contribution in [3.05, 3.63) is 29.1 Å². The Kier molecular flexibility index (Phi) is 4.36. The summed E-state index contributed by atoms with van der Waals surface area (Å²) in [5.41, 5.74) is 0.663. The van der Waals surface area contributed by atoms with E-state index in [2.05, 4.69) is 10.2 Å². The third-order valence-corrected chi connectivity index (χ3v) is 5.12. The van der Waals surface area contributed by atoms with Crippen LogP contribution in [0.1, 0.15) is 13.8 Å². The molecule has 0 unspecified atom stereocenters. The maximum atomic E-state index is 12.3. The van der Waals surface area contributed by atoms with Crippen LogP contribution >= 0.6 is 12.2 Å². The summed E-state index contributed by atoms with van der Waals surface area (Å²) >= 11 is 4.80. The molecule has 2 aromatic rings. The van der Waals surface area contributed by atoms with Crippen LogP contribution < -0.4 is 0 Å². The van der Waals surface area contributed by atoms with E-state index in [4.69, 9.17) is 16.6 Å². The Labute approximate surface area is 122 Å². The van der Waals surface area contributed by atoms with Gasteiger partial charge in [0.2, 0.25) is 15.9 Å². The van der Waals surface area contributed by atoms with Crippen molar-refractivity contribution in [2.24, 2.45) is 0 Å². The summed E-state index contributed by atoms with van der Waals surface area (Å²) in [4.78, 5) is 0.430. The minimum Gasteiger partial charge on any atom is -0.409 e. The fourth-order valence-corrected chi connectivity index (χ4v) is 3.42. The summed E-state index contributed by atoms with van der Waals surface area (Å²) in [6, 6.07) is 6.36. The molecule has 0 spiro atoms. The molecule has 8 heteroatoms. The largest absolute Gasteiger partial charge is 0.409 e. The molecule has 0 saturated carbocycles. The Morgan fingerprint density at radius 2 is 1.85 bits per heavy atom. The fourth-order valence-electron chi connectivity index (χ4n) is 1.84. The number of hydrogen-bond donors (Lipinski definition) is 1. The first-order chi connectivity index (χ1) is 9.48. The summed E-state index contributed by atoms with van der Waals surface area (Å²) in [7, 11) is -3.44. The Hall–Kier alpha value is -1.51. The third kappa shape index (κ3) is 2.82. The van der Waals surface area contributed by atoms with Gasteiger partial charge in [0, 0.05) is 18.7 Å². The lowest BCUT2D eigenvalue weighted by molar-refractivity contribution is 0.445. The predicted octanol–water partition coefficient (Wildman–Crippen LogP) is 2.43. The van der Waals surface area contributed by atoms with Gasteiger partial charge in [-0.05, 0) is 36.5 Å². The predicted molar refractivity (Wildman–Crippen MR) is 77.2 cm³/mol. The molecule has 1 aromatic carbocycles. The second-order valence-corrected chi connectivity index (χ2v) is 6.34. The van der Waals surface area contributed by atoms with E-state index in [0.717, 1.165) is 0 Å². The molecule has 1 heterocycles. The van der Waals surface area contributed by atoms with Crippen molar-refractivity contribution in [1.82, 2.24) is 14.5 Å². The number of nitrogens with zero attached hydrogens (tertiary/aromatic N) is 2. The maximum absolute atomic E-state index is 12.3. The van der Waals surface area contributed by atoms with Gasteiger partial charge in [0.05, 0.1) is 4.90 Å². The zero-order chi connectivity index (χ0) is 14.8. The van der Waals surface area contributed by atoms with Crippen molar-refractivity contribution in [2.75, 3.05) is 13.1 Å². The third-order valence-electron chi connectivity index (χ3n) is 2.88.